The molecule has 12 nitrogen and oxygen atoms in total. The van der Waals surface area contributed by atoms with Crippen LogP contribution < -0.4 is 18.9 Å². The summed E-state index contributed by atoms with van der Waals surface area (Å²) in [6.45, 7) is 12.5. The van der Waals surface area contributed by atoms with Gasteiger partial charge in [0, 0.05) is 37.7 Å². The van der Waals surface area contributed by atoms with E-state index in [-0.39, 0.29) is 63.9 Å². The SMILES string of the molecule is C=CCO[C@@]12Oc3ccc(Oc4ccc(-c5ccccc5)cc4)cc3[C@H]3[C@H](CCCCO)[C@@H](CCCCO)C=C(C(=NOC(C)(C)C)C[C@@H]1N(Cc1ccc4c(c1)OCO4)C(=O)OCC)[C@H]32. The first-order chi connectivity index (χ1) is 32.0. The summed E-state index contributed by atoms with van der Waals surface area (Å²) >= 11 is 0. The fraction of sp³-hybridized carbons (Fsp3) is 0.444. The number of aliphatic hydroxyl groups excluding tert-OH is 2. The van der Waals surface area contributed by atoms with Crippen molar-refractivity contribution in [1.29, 1.82) is 0 Å². The molecule has 0 bridgehead atoms. The highest BCUT2D eigenvalue weighted by Crippen LogP contribution is 2.62. The molecule has 4 aromatic rings. The zero-order valence-corrected chi connectivity index (χ0v) is 38.7. The summed E-state index contributed by atoms with van der Waals surface area (Å²) in [4.78, 5) is 22.6. The van der Waals surface area contributed by atoms with Gasteiger partial charge in [-0.3, -0.25) is 4.90 Å². The molecule has 4 aliphatic rings. The van der Waals surface area contributed by atoms with E-state index >= 15 is 0 Å². The van der Waals surface area contributed by atoms with Crippen LogP contribution >= 0.6 is 0 Å². The van der Waals surface area contributed by atoms with Gasteiger partial charge in [0.2, 0.25) is 12.6 Å². The molecule has 0 aromatic heterocycles. The molecule has 4 aromatic carbocycles. The van der Waals surface area contributed by atoms with Gasteiger partial charge in [0.05, 0.1) is 24.8 Å². The molecular weight excluding hydrogens is 837 g/mol. The van der Waals surface area contributed by atoms with Gasteiger partial charge in [-0.15, -0.1) is 6.58 Å². The van der Waals surface area contributed by atoms with Gasteiger partial charge in [-0.2, -0.15) is 0 Å². The molecule has 1 fully saturated rings. The number of oxime groups is 1. The minimum absolute atomic E-state index is 0.0344. The topological polar surface area (TPSA) is 138 Å². The van der Waals surface area contributed by atoms with Crippen LogP contribution in [0.2, 0.25) is 0 Å². The van der Waals surface area contributed by atoms with Gasteiger partial charge < -0.3 is 43.5 Å². The number of aliphatic hydroxyl groups is 2. The summed E-state index contributed by atoms with van der Waals surface area (Å²) in [7, 11) is 0. The Morgan fingerprint density at radius 3 is 2.32 bits per heavy atom. The van der Waals surface area contributed by atoms with E-state index in [1.165, 1.54) is 0 Å². The first kappa shape index (κ1) is 46.7. The number of amides is 1. The molecule has 8 rings (SSSR count). The normalized spacial score (nSPS) is 23.2. The van der Waals surface area contributed by atoms with Gasteiger partial charge >= 0.3 is 6.09 Å². The Hall–Kier alpha value is -5.82. The van der Waals surface area contributed by atoms with Gasteiger partial charge in [0.15, 0.2) is 11.5 Å². The van der Waals surface area contributed by atoms with Gasteiger partial charge in [-0.05, 0) is 130 Å². The number of benzene rings is 4. The molecule has 0 saturated heterocycles. The standard InChI is InChI=1S/C54H64N2O10/c1-6-29-63-54-49(56(52(59)60-7-2)34-36-19-25-47-48(30-36)62-35-61-47)33-45(55-66-53(3,4)5)43-31-39(17-11-13-27-57)42(18-12-14-28-58)50(51(43)54)44-32-41(24-26-46(44)65-54)64-40-22-20-38(21-23-40)37-15-9-8-10-16-37/h6,8-10,15-16,19-26,30-32,39,42,49-51,57-58H,1,7,11-14,17-18,27-29,33-35H2,2-5H3/t39-,42+,49-,50+,51+,54+/m0/s1. The molecule has 0 spiro atoms. The lowest BCUT2D eigenvalue weighted by Crippen LogP contribution is -2.70. The lowest BCUT2D eigenvalue weighted by atomic mass is 9.55. The van der Waals surface area contributed by atoms with Crippen molar-refractivity contribution in [1.82, 2.24) is 4.90 Å². The van der Waals surface area contributed by atoms with Crippen molar-refractivity contribution in [2.75, 3.05) is 33.2 Å². The predicted octanol–water partition coefficient (Wildman–Crippen LogP) is 11.0. The van der Waals surface area contributed by atoms with Crippen molar-refractivity contribution in [3.05, 3.63) is 126 Å². The largest absolute Gasteiger partial charge is 0.459 e. The summed E-state index contributed by atoms with van der Waals surface area (Å²) in [6.07, 6.45) is 8.30. The average Bonchev–Trinajstić information content (AvgIpc) is 3.79. The van der Waals surface area contributed by atoms with E-state index in [4.69, 9.17) is 38.4 Å². The van der Waals surface area contributed by atoms with Crippen LogP contribution in [-0.4, -0.2) is 77.6 Å². The zero-order chi connectivity index (χ0) is 46.3. The Morgan fingerprint density at radius 2 is 1.59 bits per heavy atom. The van der Waals surface area contributed by atoms with Crippen molar-refractivity contribution in [2.45, 2.75) is 103 Å². The van der Waals surface area contributed by atoms with Crippen molar-refractivity contribution in [3.8, 4) is 39.9 Å². The summed E-state index contributed by atoms with van der Waals surface area (Å²) in [6, 6.07) is 29.2. The highest BCUT2D eigenvalue weighted by Gasteiger charge is 2.66. The first-order valence-electron chi connectivity index (χ1n) is 23.5. The predicted molar refractivity (Wildman–Crippen MR) is 253 cm³/mol. The summed E-state index contributed by atoms with van der Waals surface area (Å²) in [5.74, 6) is 1.09. The highest BCUT2D eigenvalue weighted by atomic mass is 16.7. The van der Waals surface area contributed by atoms with Crippen molar-refractivity contribution in [2.24, 2.45) is 22.9 Å². The highest BCUT2D eigenvalue weighted by molar-refractivity contribution is 6.03. The molecule has 2 aliphatic carbocycles. The molecule has 1 saturated carbocycles. The summed E-state index contributed by atoms with van der Waals surface area (Å²) < 4.78 is 38.5. The molecule has 2 heterocycles. The van der Waals surface area contributed by atoms with E-state index in [9.17, 15) is 15.0 Å². The van der Waals surface area contributed by atoms with Gasteiger partial charge in [-0.25, -0.2) is 4.79 Å². The van der Waals surface area contributed by atoms with Crippen LogP contribution in [0.5, 0.6) is 28.7 Å². The second-order valence-corrected chi connectivity index (χ2v) is 18.5. The monoisotopic (exact) mass is 900 g/mol. The van der Waals surface area contributed by atoms with Crippen molar-refractivity contribution in [3.63, 3.8) is 0 Å². The molecule has 1 amide bonds. The Balaban J connectivity index is 1.30. The molecule has 2 N–H and O–H groups in total. The number of fused-ring (bicyclic) bond motifs is 3. The lowest BCUT2D eigenvalue weighted by Gasteiger charge is -2.60. The zero-order valence-electron chi connectivity index (χ0n) is 38.7. The number of hydrogen-bond acceptors (Lipinski definition) is 11. The van der Waals surface area contributed by atoms with Crippen LogP contribution in [0.25, 0.3) is 11.1 Å². The quantitative estimate of drug-likeness (QED) is 0.0531. The van der Waals surface area contributed by atoms with E-state index in [1.807, 2.05) is 81.4 Å². The molecule has 0 unspecified atom stereocenters. The number of carbonyl (C=O) groups is 1. The maximum Gasteiger partial charge on any atom is 0.410 e. The minimum atomic E-state index is -1.47. The third-order valence-corrected chi connectivity index (χ3v) is 12.9. The number of ether oxygens (including phenoxy) is 6. The van der Waals surface area contributed by atoms with E-state index in [1.54, 1.807) is 17.9 Å². The van der Waals surface area contributed by atoms with Crippen LogP contribution in [0.4, 0.5) is 4.79 Å². The van der Waals surface area contributed by atoms with Crippen LogP contribution in [0.15, 0.2) is 120 Å². The van der Waals surface area contributed by atoms with E-state index in [0.717, 1.165) is 53.5 Å². The van der Waals surface area contributed by atoms with Crippen LogP contribution in [0, 0.1) is 17.8 Å². The van der Waals surface area contributed by atoms with E-state index in [0.29, 0.717) is 47.3 Å². The Bertz CT molecular complexity index is 2360. The fourth-order valence-corrected chi connectivity index (χ4v) is 10.1. The fourth-order valence-electron chi connectivity index (χ4n) is 10.1. The lowest BCUT2D eigenvalue weighted by molar-refractivity contribution is -0.256. The molecule has 350 valence electrons. The van der Waals surface area contributed by atoms with Crippen LogP contribution in [0.3, 0.4) is 0 Å². The smallest absolute Gasteiger partial charge is 0.410 e. The number of carbonyl (C=O) groups excluding carboxylic acids is 1. The number of nitrogens with zero attached hydrogens (tertiary/aromatic N) is 2. The van der Waals surface area contributed by atoms with E-state index in [2.05, 4.69) is 43.0 Å². The molecule has 2 aliphatic heterocycles. The summed E-state index contributed by atoms with van der Waals surface area (Å²) in [5, 5.41) is 25.0. The van der Waals surface area contributed by atoms with Gasteiger partial charge in [0.25, 0.3) is 0 Å². The van der Waals surface area contributed by atoms with Crippen molar-refractivity contribution < 1.29 is 48.3 Å². The first-order valence-corrected chi connectivity index (χ1v) is 23.5. The third-order valence-electron chi connectivity index (χ3n) is 12.9. The number of allylic oxidation sites excluding steroid dienone is 1. The Kier molecular flexibility index (Phi) is 14.7. The van der Waals surface area contributed by atoms with Crippen LogP contribution in [-0.2, 0) is 20.9 Å². The number of hydrogen-bond donors (Lipinski definition) is 2. The van der Waals surface area contributed by atoms with Crippen LogP contribution in [0.1, 0.15) is 89.7 Å². The Labute approximate surface area is 388 Å². The molecule has 66 heavy (non-hydrogen) atoms. The molecule has 6 atom stereocenters. The average molecular weight is 901 g/mol. The van der Waals surface area contributed by atoms with Crippen molar-refractivity contribution >= 4 is 11.8 Å². The third kappa shape index (κ3) is 10.1. The van der Waals surface area contributed by atoms with Gasteiger partial charge in [0.1, 0.15) is 28.9 Å². The van der Waals surface area contributed by atoms with Gasteiger partial charge in [-0.1, -0.05) is 78.7 Å². The molecule has 0 radical (unpaired) electrons. The number of unbranched alkanes of at least 4 members (excludes halogenated alkanes) is 2. The maximum absolute atomic E-state index is 14.6. The number of rotatable bonds is 19. The molecular formula is C54H64N2O10. The molecule has 12 heteroatoms. The Morgan fingerprint density at radius 1 is 0.879 bits per heavy atom. The summed E-state index contributed by atoms with van der Waals surface area (Å²) in [5.41, 5.74) is 4.99. The second-order valence-electron chi connectivity index (χ2n) is 18.5. The maximum atomic E-state index is 14.6. The van der Waals surface area contributed by atoms with E-state index < -0.39 is 29.4 Å². The minimum Gasteiger partial charge on any atom is -0.459 e. The second kappa shape index (κ2) is 20.8.